The molecule has 12 heteroatoms. The van der Waals surface area contributed by atoms with Crippen molar-refractivity contribution in [1.29, 1.82) is 0 Å². The topological polar surface area (TPSA) is 99.2 Å². The van der Waals surface area contributed by atoms with Gasteiger partial charge in [-0.2, -0.15) is 12.7 Å². The van der Waals surface area contributed by atoms with Crippen molar-refractivity contribution in [2.45, 2.75) is 16.2 Å². The smallest absolute Gasteiger partial charge is 0.286 e. The molecule has 2 aromatic rings. The number of nitrogens with one attached hydrogen (secondary N) is 1. The van der Waals surface area contributed by atoms with E-state index in [1.165, 1.54) is 34.6 Å². The van der Waals surface area contributed by atoms with Gasteiger partial charge in [0.05, 0.1) is 12.2 Å². The highest BCUT2D eigenvalue weighted by molar-refractivity contribution is 7.90. The van der Waals surface area contributed by atoms with Crippen LogP contribution in [0.4, 0.5) is 14.5 Å². The first-order chi connectivity index (χ1) is 14.7. The van der Waals surface area contributed by atoms with Crippen LogP contribution in [-0.2, 0) is 20.0 Å². The van der Waals surface area contributed by atoms with Crippen molar-refractivity contribution in [2.24, 2.45) is 4.40 Å². The lowest BCUT2D eigenvalue weighted by Gasteiger charge is -2.25. The number of benzene rings is 2. The number of para-hydroxylation sites is 1. The van der Waals surface area contributed by atoms with Gasteiger partial charge >= 0.3 is 0 Å². The molecule has 0 amide bonds. The average molecular weight is 471 g/mol. The molecular weight excluding hydrogens is 450 g/mol. The summed E-state index contributed by atoms with van der Waals surface area (Å²) in [4.78, 5) is 1.22. The third kappa shape index (κ3) is 4.33. The van der Waals surface area contributed by atoms with Crippen LogP contribution in [0.15, 0.2) is 56.7 Å². The molecule has 0 aliphatic carbocycles. The van der Waals surface area contributed by atoms with Gasteiger partial charge in [-0.1, -0.05) is 18.2 Å². The standard InChI is InChI=1S/C19H20F2N4O4S2/c20-14-5-1-2-7-16(14)31(28,29)25-10-4-9-24(11-12-25)13-18-22-19-15(21)6-3-8-17(19)30(26,27)23-18/h1-3,5-8H,4,9-13H2,(H,22,23). The van der Waals surface area contributed by atoms with Crippen LogP contribution in [0.5, 0.6) is 0 Å². The maximum absolute atomic E-state index is 14.1. The summed E-state index contributed by atoms with van der Waals surface area (Å²) in [5, 5.41) is 2.74. The third-order valence-electron chi connectivity index (χ3n) is 5.13. The summed E-state index contributed by atoms with van der Waals surface area (Å²) in [6.45, 7) is 1.11. The predicted octanol–water partition coefficient (Wildman–Crippen LogP) is 1.87. The lowest BCUT2D eigenvalue weighted by molar-refractivity contribution is 0.324. The second-order valence-electron chi connectivity index (χ2n) is 7.22. The van der Waals surface area contributed by atoms with E-state index >= 15 is 0 Å². The Morgan fingerprint density at radius 2 is 1.71 bits per heavy atom. The van der Waals surface area contributed by atoms with E-state index in [-0.39, 0.29) is 47.5 Å². The number of halogens is 2. The van der Waals surface area contributed by atoms with Gasteiger partial charge in [0, 0.05) is 19.6 Å². The third-order valence-corrected chi connectivity index (χ3v) is 8.42. The Kier molecular flexibility index (Phi) is 5.81. The fourth-order valence-electron chi connectivity index (χ4n) is 3.62. The highest BCUT2D eigenvalue weighted by atomic mass is 32.2. The fraction of sp³-hybridized carbons (Fsp3) is 0.316. The molecule has 2 aliphatic heterocycles. The summed E-state index contributed by atoms with van der Waals surface area (Å²) in [6, 6.07) is 8.94. The predicted molar refractivity (Wildman–Crippen MR) is 111 cm³/mol. The number of fused-ring (bicyclic) bond motifs is 1. The number of anilines is 1. The average Bonchev–Trinajstić information content (AvgIpc) is 2.95. The Morgan fingerprint density at radius 3 is 2.48 bits per heavy atom. The molecule has 1 N–H and O–H groups in total. The lowest BCUT2D eigenvalue weighted by atomic mass is 10.3. The molecule has 0 aromatic heterocycles. The van der Waals surface area contributed by atoms with E-state index in [0.29, 0.717) is 13.0 Å². The Morgan fingerprint density at radius 1 is 0.968 bits per heavy atom. The zero-order chi connectivity index (χ0) is 22.2. The minimum Gasteiger partial charge on any atom is -0.338 e. The minimum atomic E-state index is -4.04. The number of amidine groups is 1. The zero-order valence-corrected chi connectivity index (χ0v) is 18.0. The van der Waals surface area contributed by atoms with Crippen molar-refractivity contribution in [3.63, 3.8) is 0 Å². The Hall–Kier alpha value is -2.41. The number of hydrogen-bond donors (Lipinski definition) is 1. The van der Waals surface area contributed by atoms with Crippen LogP contribution in [0.1, 0.15) is 6.42 Å². The van der Waals surface area contributed by atoms with Crippen molar-refractivity contribution in [3.05, 3.63) is 54.1 Å². The van der Waals surface area contributed by atoms with Crippen molar-refractivity contribution in [2.75, 3.05) is 38.0 Å². The van der Waals surface area contributed by atoms with Gasteiger partial charge in [-0.3, -0.25) is 4.90 Å². The molecule has 0 radical (unpaired) electrons. The van der Waals surface area contributed by atoms with E-state index in [1.54, 1.807) is 0 Å². The van der Waals surface area contributed by atoms with Gasteiger partial charge in [0.15, 0.2) is 0 Å². The van der Waals surface area contributed by atoms with Crippen LogP contribution >= 0.6 is 0 Å². The minimum absolute atomic E-state index is 0.0583. The highest BCUT2D eigenvalue weighted by Crippen LogP contribution is 2.29. The van der Waals surface area contributed by atoms with Gasteiger partial charge in [0.1, 0.15) is 27.3 Å². The molecule has 31 heavy (non-hydrogen) atoms. The number of sulfonamides is 2. The van der Waals surface area contributed by atoms with Crippen LogP contribution in [0.25, 0.3) is 0 Å². The van der Waals surface area contributed by atoms with Gasteiger partial charge in [-0.05, 0) is 37.2 Å². The van der Waals surface area contributed by atoms with Gasteiger partial charge in [-0.15, -0.1) is 4.40 Å². The first kappa shape index (κ1) is 21.8. The molecule has 0 spiro atoms. The molecule has 2 heterocycles. The molecule has 0 bridgehead atoms. The first-order valence-corrected chi connectivity index (χ1v) is 12.4. The summed E-state index contributed by atoms with van der Waals surface area (Å²) in [7, 11) is -8.03. The summed E-state index contributed by atoms with van der Waals surface area (Å²) >= 11 is 0. The monoisotopic (exact) mass is 470 g/mol. The number of nitrogens with zero attached hydrogens (tertiary/aromatic N) is 3. The number of hydrogen-bond acceptors (Lipinski definition) is 6. The van der Waals surface area contributed by atoms with E-state index < -0.39 is 31.7 Å². The molecule has 1 fully saturated rings. The van der Waals surface area contributed by atoms with Crippen molar-refractivity contribution in [1.82, 2.24) is 9.21 Å². The van der Waals surface area contributed by atoms with Gasteiger partial charge in [0.25, 0.3) is 10.0 Å². The summed E-state index contributed by atoms with van der Waals surface area (Å²) in [5.41, 5.74) is -0.147. The van der Waals surface area contributed by atoms with Gasteiger partial charge in [0.2, 0.25) is 10.0 Å². The van der Waals surface area contributed by atoms with Crippen LogP contribution in [0.2, 0.25) is 0 Å². The SMILES string of the molecule is O=S1(=O)N=C(CN2CCCN(S(=O)(=O)c3ccccc3F)CC2)Nc2c(F)cccc21. The Balaban J connectivity index is 1.49. The van der Waals surface area contributed by atoms with Crippen LogP contribution in [0, 0.1) is 11.6 Å². The fourth-order valence-corrected chi connectivity index (χ4v) is 6.30. The highest BCUT2D eigenvalue weighted by Gasteiger charge is 2.31. The first-order valence-electron chi connectivity index (χ1n) is 9.55. The van der Waals surface area contributed by atoms with E-state index in [0.717, 1.165) is 12.1 Å². The largest absolute Gasteiger partial charge is 0.338 e. The molecule has 0 unspecified atom stereocenters. The Labute approximate surface area is 179 Å². The molecular formula is C19H20F2N4O4S2. The maximum Gasteiger partial charge on any atom is 0.286 e. The second-order valence-corrected chi connectivity index (χ2v) is 10.7. The van der Waals surface area contributed by atoms with Crippen molar-refractivity contribution < 1.29 is 25.6 Å². The second kappa shape index (κ2) is 8.26. The molecule has 2 aromatic carbocycles. The molecule has 4 rings (SSSR count). The molecule has 8 nitrogen and oxygen atoms in total. The number of rotatable bonds is 4. The van der Waals surface area contributed by atoms with Gasteiger partial charge < -0.3 is 5.32 Å². The Bertz CT molecular complexity index is 1250. The van der Waals surface area contributed by atoms with E-state index in [9.17, 15) is 25.6 Å². The van der Waals surface area contributed by atoms with Crippen LogP contribution in [0.3, 0.4) is 0 Å². The van der Waals surface area contributed by atoms with E-state index in [2.05, 4.69) is 9.71 Å². The summed E-state index contributed by atoms with van der Waals surface area (Å²) in [5.74, 6) is -1.45. The molecule has 2 aliphatic rings. The van der Waals surface area contributed by atoms with Crippen LogP contribution in [-0.4, -0.2) is 64.6 Å². The van der Waals surface area contributed by atoms with Crippen molar-refractivity contribution in [3.8, 4) is 0 Å². The molecule has 0 atom stereocenters. The lowest BCUT2D eigenvalue weighted by Crippen LogP contribution is -2.39. The molecule has 1 saturated heterocycles. The normalized spacial score (nSPS) is 19.7. The summed E-state index contributed by atoms with van der Waals surface area (Å²) in [6.07, 6.45) is 0.457. The summed E-state index contributed by atoms with van der Waals surface area (Å²) < 4.78 is 83.5. The van der Waals surface area contributed by atoms with Crippen molar-refractivity contribution >= 4 is 31.6 Å². The van der Waals surface area contributed by atoms with Gasteiger partial charge in [-0.25, -0.2) is 17.2 Å². The molecule has 166 valence electrons. The van der Waals surface area contributed by atoms with E-state index in [4.69, 9.17) is 0 Å². The molecule has 0 saturated carbocycles. The van der Waals surface area contributed by atoms with Crippen LogP contribution < -0.4 is 5.32 Å². The quantitative estimate of drug-likeness (QED) is 0.733. The maximum atomic E-state index is 14.1. The van der Waals surface area contributed by atoms with E-state index in [1.807, 2.05) is 4.90 Å². The zero-order valence-electron chi connectivity index (χ0n) is 16.3.